The molecule has 0 saturated carbocycles. The van der Waals surface area contributed by atoms with E-state index in [4.69, 9.17) is 9.47 Å². The van der Waals surface area contributed by atoms with E-state index in [2.05, 4.69) is 31.4 Å². The maximum atomic E-state index is 11.7. The molecular weight excluding hydrogens is 326 g/mol. The lowest BCUT2D eigenvalue weighted by atomic mass is 10.2. The summed E-state index contributed by atoms with van der Waals surface area (Å²) in [5, 5.41) is 10.6. The van der Waals surface area contributed by atoms with E-state index in [0.717, 1.165) is 20.9 Å². The van der Waals surface area contributed by atoms with E-state index in [-0.39, 0.29) is 12.5 Å². The van der Waals surface area contributed by atoms with Crippen molar-refractivity contribution in [3.63, 3.8) is 0 Å². The number of anilines is 1. The van der Waals surface area contributed by atoms with Crippen molar-refractivity contribution >= 4 is 38.6 Å². The number of nitrogens with zero attached hydrogens (tertiary/aromatic N) is 1. The maximum absolute atomic E-state index is 11.7. The van der Waals surface area contributed by atoms with Gasteiger partial charge in [0.05, 0.1) is 18.7 Å². The number of carbonyl (C=O) groups excluding carboxylic acids is 1. The third-order valence-corrected chi connectivity index (χ3v) is 3.32. The molecule has 6 nitrogen and oxygen atoms in total. The number of aryl methyl sites for hydroxylation is 1. The van der Waals surface area contributed by atoms with Crippen LogP contribution >= 0.6 is 15.9 Å². The fourth-order valence-corrected chi connectivity index (χ4v) is 2.45. The van der Waals surface area contributed by atoms with Gasteiger partial charge in [0.2, 0.25) is 0 Å². The molecule has 2 N–H and O–H groups in total. The second-order valence-corrected chi connectivity index (χ2v) is 5.19. The molecule has 20 heavy (non-hydrogen) atoms. The quantitative estimate of drug-likeness (QED) is 0.790. The zero-order valence-electron chi connectivity index (χ0n) is 11.3. The number of aromatic amines is 1. The lowest BCUT2D eigenvalue weighted by Crippen LogP contribution is -2.19. The van der Waals surface area contributed by atoms with Crippen molar-refractivity contribution in [2.24, 2.45) is 0 Å². The lowest BCUT2D eigenvalue weighted by molar-refractivity contribution is -0.121. The first kappa shape index (κ1) is 15.0. The minimum Gasteiger partial charge on any atom is -0.382 e. The molecular formula is C13H16BrN3O3. The van der Waals surface area contributed by atoms with Gasteiger partial charge >= 0.3 is 0 Å². The highest BCUT2D eigenvalue weighted by atomic mass is 79.9. The summed E-state index contributed by atoms with van der Waals surface area (Å²) >= 11 is 3.46. The molecule has 1 aromatic carbocycles. The van der Waals surface area contributed by atoms with Crippen LogP contribution in [-0.4, -0.2) is 43.0 Å². The Morgan fingerprint density at radius 1 is 1.45 bits per heavy atom. The molecule has 2 aromatic rings. The Morgan fingerprint density at radius 2 is 2.25 bits per heavy atom. The van der Waals surface area contributed by atoms with E-state index < -0.39 is 0 Å². The van der Waals surface area contributed by atoms with Crippen LogP contribution in [0.5, 0.6) is 0 Å². The number of rotatable bonds is 6. The highest BCUT2D eigenvalue weighted by Crippen LogP contribution is 2.28. The lowest BCUT2D eigenvalue weighted by Gasteiger charge is -2.04. The highest BCUT2D eigenvalue weighted by molar-refractivity contribution is 9.10. The summed E-state index contributed by atoms with van der Waals surface area (Å²) in [7, 11) is 1.58. The molecule has 0 unspecified atom stereocenters. The molecule has 0 aliphatic heterocycles. The number of fused-ring (bicyclic) bond motifs is 1. The van der Waals surface area contributed by atoms with Crippen LogP contribution in [0.25, 0.3) is 10.9 Å². The average Bonchev–Trinajstić information content (AvgIpc) is 2.78. The standard InChI is InChI=1S/C13H16BrN3O3/c1-8-5-9-12(10(14)6-8)16-17-13(9)15-11(18)7-20-4-3-19-2/h5-6H,3-4,7H2,1-2H3,(H2,15,16,17,18). The van der Waals surface area contributed by atoms with Crippen molar-refractivity contribution in [2.75, 3.05) is 32.2 Å². The normalized spacial score (nSPS) is 10.9. The number of aromatic nitrogens is 2. The van der Waals surface area contributed by atoms with Crippen LogP contribution in [0.3, 0.4) is 0 Å². The summed E-state index contributed by atoms with van der Waals surface area (Å²) in [5.41, 5.74) is 1.93. The van der Waals surface area contributed by atoms with E-state index >= 15 is 0 Å². The molecule has 0 saturated heterocycles. The van der Waals surface area contributed by atoms with Gasteiger partial charge in [0.1, 0.15) is 6.61 Å². The summed E-state index contributed by atoms with van der Waals surface area (Å²) in [6.45, 7) is 2.81. The topological polar surface area (TPSA) is 76.2 Å². The van der Waals surface area contributed by atoms with Crippen molar-refractivity contribution in [3.05, 3.63) is 22.2 Å². The minimum absolute atomic E-state index is 0.0231. The number of hydrogen-bond acceptors (Lipinski definition) is 4. The Bertz CT molecular complexity index is 612. The zero-order chi connectivity index (χ0) is 14.5. The molecule has 2 rings (SSSR count). The van der Waals surface area contributed by atoms with Crippen LogP contribution in [0, 0.1) is 6.92 Å². The summed E-state index contributed by atoms with van der Waals surface area (Å²) in [5.74, 6) is 0.261. The summed E-state index contributed by atoms with van der Waals surface area (Å²) < 4.78 is 10.9. The van der Waals surface area contributed by atoms with E-state index in [1.54, 1.807) is 7.11 Å². The third-order valence-electron chi connectivity index (χ3n) is 2.69. The fourth-order valence-electron chi connectivity index (χ4n) is 1.79. The number of methoxy groups -OCH3 is 1. The highest BCUT2D eigenvalue weighted by Gasteiger charge is 2.11. The monoisotopic (exact) mass is 341 g/mol. The van der Waals surface area contributed by atoms with Crippen LogP contribution in [0.4, 0.5) is 5.82 Å². The van der Waals surface area contributed by atoms with Crippen molar-refractivity contribution < 1.29 is 14.3 Å². The molecule has 0 bridgehead atoms. The maximum Gasteiger partial charge on any atom is 0.251 e. The smallest absolute Gasteiger partial charge is 0.251 e. The molecule has 1 aromatic heterocycles. The molecule has 7 heteroatoms. The number of ether oxygens (including phenoxy) is 2. The number of benzene rings is 1. The Balaban J connectivity index is 2.04. The number of halogens is 1. The average molecular weight is 342 g/mol. The summed E-state index contributed by atoms with van der Waals surface area (Å²) in [6, 6.07) is 3.95. The molecule has 0 atom stereocenters. The zero-order valence-corrected chi connectivity index (χ0v) is 12.9. The Labute approximate surface area is 125 Å². The van der Waals surface area contributed by atoms with Crippen LogP contribution in [0.1, 0.15) is 5.56 Å². The van der Waals surface area contributed by atoms with Crippen LogP contribution in [0.2, 0.25) is 0 Å². The Kier molecular flexibility index (Phi) is 5.11. The first-order chi connectivity index (χ1) is 9.61. The first-order valence-corrected chi connectivity index (χ1v) is 6.92. The molecule has 0 aliphatic carbocycles. The SMILES string of the molecule is COCCOCC(=O)Nc1n[nH]c2c(Br)cc(C)cc12. The Hall–Kier alpha value is -1.44. The van der Waals surface area contributed by atoms with Gasteiger partial charge in [-0.3, -0.25) is 9.89 Å². The molecule has 0 fully saturated rings. The van der Waals surface area contributed by atoms with E-state index in [0.29, 0.717) is 19.0 Å². The van der Waals surface area contributed by atoms with Crippen LogP contribution in [0.15, 0.2) is 16.6 Å². The van der Waals surface area contributed by atoms with Gasteiger partial charge in [-0.1, -0.05) is 0 Å². The number of H-pyrrole nitrogens is 1. The molecule has 0 radical (unpaired) electrons. The fraction of sp³-hybridized carbons (Fsp3) is 0.385. The molecule has 0 spiro atoms. The van der Waals surface area contributed by atoms with Gasteiger partial charge in [0.25, 0.3) is 5.91 Å². The van der Waals surface area contributed by atoms with E-state index in [1.165, 1.54) is 0 Å². The van der Waals surface area contributed by atoms with Gasteiger partial charge in [-0.15, -0.1) is 0 Å². The number of carbonyl (C=O) groups is 1. The predicted octanol–water partition coefficient (Wildman–Crippen LogP) is 2.24. The molecule has 1 amide bonds. The van der Waals surface area contributed by atoms with Crippen LogP contribution < -0.4 is 5.32 Å². The van der Waals surface area contributed by atoms with Crippen LogP contribution in [-0.2, 0) is 14.3 Å². The van der Waals surface area contributed by atoms with Gasteiger partial charge in [-0.25, -0.2) is 0 Å². The Morgan fingerprint density at radius 3 is 3.00 bits per heavy atom. The number of nitrogens with one attached hydrogen (secondary N) is 2. The first-order valence-electron chi connectivity index (χ1n) is 6.12. The summed E-state index contributed by atoms with van der Waals surface area (Å²) in [4.78, 5) is 11.7. The molecule has 1 heterocycles. The van der Waals surface area contributed by atoms with Gasteiger partial charge in [0.15, 0.2) is 5.82 Å². The van der Waals surface area contributed by atoms with Crippen molar-refractivity contribution in [2.45, 2.75) is 6.92 Å². The van der Waals surface area contributed by atoms with Crippen molar-refractivity contribution in [1.82, 2.24) is 10.2 Å². The largest absolute Gasteiger partial charge is 0.382 e. The van der Waals surface area contributed by atoms with Crippen molar-refractivity contribution in [3.8, 4) is 0 Å². The van der Waals surface area contributed by atoms with Gasteiger partial charge in [-0.2, -0.15) is 5.10 Å². The number of amides is 1. The number of hydrogen-bond donors (Lipinski definition) is 2. The van der Waals surface area contributed by atoms with E-state index in [1.807, 2.05) is 19.1 Å². The third kappa shape index (κ3) is 3.56. The predicted molar refractivity (Wildman–Crippen MR) is 79.9 cm³/mol. The minimum atomic E-state index is -0.243. The van der Waals surface area contributed by atoms with Gasteiger partial charge in [0, 0.05) is 17.0 Å². The second kappa shape index (κ2) is 6.83. The van der Waals surface area contributed by atoms with E-state index in [9.17, 15) is 4.79 Å². The molecule has 0 aliphatic rings. The second-order valence-electron chi connectivity index (χ2n) is 4.34. The molecule has 108 valence electrons. The summed E-state index contributed by atoms with van der Waals surface area (Å²) in [6.07, 6.45) is 0. The van der Waals surface area contributed by atoms with Gasteiger partial charge in [-0.05, 0) is 40.5 Å². The van der Waals surface area contributed by atoms with Gasteiger partial charge < -0.3 is 14.8 Å². The van der Waals surface area contributed by atoms with Crippen molar-refractivity contribution in [1.29, 1.82) is 0 Å².